The van der Waals surface area contributed by atoms with E-state index in [0.717, 1.165) is 12.3 Å². The summed E-state index contributed by atoms with van der Waals surface area (Å²) in [5, 5.41) is 15.5. The number of rotatable bonds is 17. The van der Waals surface area contributed by atoms with Crippen LogP contribution in [0.3, 0.4) is 0 Å². The quantitative estimate of drug-likeness (QED) is 0.120. The van der Waals surface area contributed by atoms with E-state index in [2.05, 4.69) is 5.32 Å². The Balaban J connectivity index is 1.49. The van der Waals surface area contributed by atoms with E-state index in [1.54, 1.807) is 48.5 Å². The van der Waals surface area contributed by atoms with Crippen molar-refractivity contribution < 1.29 is 49.6 Å². The molecule has 272 valence electrons. The second-order valence-electron chi connectivity index (χ2n) is 12.1. The highest BCUT2D eigenvalue weighted by Crippen LogP contribution is 2.40. The van der Waals surface area contributed by atoms with E-state index in [9.17, 15) is 26.9 Å². The van der Waals surface area contributed by atoms with Crippen LogP contribution in [0.15, 0.2) is 65.6 Å². The van der Waals surface area contributed by atoms with E-state index < -0.39 is 43.0 Å². The van der Waals surface area contributed by atoms with Gasteiger partial charge >= 0.3 is 0 Å². The first kappa shape index (κ1) is 37.3. The molecule has 1 N–H and O–H groups in total. The zero-order valence-electron chi connectivity index (χ0n) is 28.0. The minimum atomic E-state index is -4.39. The van der Waals surface area contributed by atoms with Gasteiger partial charge in [0, 0.05) is 31.8 Å². The molecule has 1 heterocycles. The van der Waals surface area contributed by atoms with Crippen LogP contribution in [0.1, 0.15) is 24.0 Å². The number of hydrogen-bond donors (Lipinski definition) is 1. The predicted molar refractivity (Wildman–Crippen MR) is 183 cm³/mol. The molecule has 1 aliphatic carbocycles. The van der Waals surface area contributed by atoms with Gasteiger partial charge in [-0.1, -0.05) is 24.3 Å². The Hall–Kier alpha value is -4.00. The van der Waals surface area contributed by atoms with Crippen molar-refractivity contribution in [2.24, 2.45) is 5.92 Å². The number of anilines is 1. The molecule has 0 unspecified atom stereocenters. The van der Waals surface area contributed by atoms with E-state index in [1.165, 1.54) is 24.6 Å². The van der Waals surface area contributed by atoms with E-state index in [1.807, 2.05) is 0 Å². The molecule has 2 fully saturated rings. The molecular weight excluding hydrogens is 695 g/mol. The summed E-state index contributed by atoms with van der Waals surface area (Å²) < 4.78 is 86.0. The van der Waals surface area contributed by atoms with Crippen molar-refractivity contribution in [1.29, 1.82) is 0 Å². The van der Waals surface area contributed by atoms with E-state index in [-0.39, 0.29) is 55.1 Å². The number of nitrogens with one attached hydrogen (secondary N) is 1. The number of methoxy groups -OCH3 is 2. The van der Waals surface area contributed by atoms with Crippen molar-refractivity contribution in [3.05, 3.63) is 81.9 Å². The van der Waals surface area contributed by atoms with E-state index >= 15 is 0 Å². The Labute approximate surface area is 291 Å². The largest absolute Gasteiger partial charge is 0.497 e. The molecule has 1 aliphatic heterocycles. The van der Waals surface area contributed by atoms with Gasteiger partial charge in [-0.05, 0) is 54.2 Å². The summed E-state index contributed by atoms with van der Waals surface area (Å²) in [5.74, 6) is 1.04. The number of hydrogen-bond acceptors (Lipinski definition) is 13. The first-order chi connectivity index (χ1) is 23.8. The van der Waals surface area contributed by atoms with Crippen LogP contribution in [0, 0.1) is 16.0 Å². The number of benzene rings is 3. The third-order valence-electron chi connectivity index (χ3n) is 8.29. The highest BCUT2D eigenvalue weighted by molar-refractivity contribution is 7.89. The number of sulfonamides is 1. The lowest BCUT2D eigenvalue weighted by Crippen LogP contribution is -2.36. The lowest BCUT2D eigenvalue weighted by atomic mass is 9.83. The molecule has 0 bridgehead atoms. The summed E-state index contributed by atoms with van der Waals surface area (Å²) in [6.45, 7) is 1.16. The highest BCUT2D eigenvalue weighted by atomic mass is 32.2. The number of nitrogens with zero attached hydrogens (tertiary/aromatic N) is 2. The van der Waals surface area contributed by atoms with Gasteiger partial charge in [-0.3, -0.25) is 14.3 Å². The molecule has 3 aromatic rings. The van der Waals surface area contributed by atoms with Crippen molar-refractivity contribution in [2.75, 3.05) is 58.8 Å². The smallest absolute Gasteiger partial charge is 0.297 e. The van der Waals surface area contributed by atoms with Crippen molar-refractivity contribution in [1.82, 2.24) is 4.31 Å². The third kappa shape index (κ3) is 9.82. The Bertz CT molecular complexity index is 1780. The Kier molecular flexibility index (Phi) is 12.2. The standard InChI is InChI=1S/C33H41N3O12S2/c1-43-26-8-4-23(5-9-26)19-35(20-24-6-10-27(44-2)11-7-24)50(41,42)30-16-31(36(37)38)33(34-18-29-22-45-12-13-46-29)32(17-30)47-21-25-14-28(15-25)48-49(3,39)40/h4-11,16-17,25,28-29,34H,12-15,18-22H2,1-3H3/t25?,28?,29-/m0/s1. The summed E-state index contributed by atoms with van der Waals surface area (Å²) in [7, 11) is -4.96. The van der Waals surface area contributed by atoms with E-state index in [0.29, 0.717) is 48.7 Å². The molecule has 1 atom stereocenters. The van der Waals surface area contributed by atoms with Crippen LogP contribution in [0.5, 0.6) is 17.2 Å². The maximum absolute atomic E-state index is 14.5. The molecule has 0 radical (unpaired) electrons. The van der Waals surface area contributed by atoms with Crippen LogP contribution in [0.4, 0.5) is 11.4 Å². The molecule has 50 heavy (non-hydrogen) atoms. The highest BCUT2D eigenvalue weighted by Gasteiger charge is 2.35. The van der Waals surface area contributed by atoms with Crippen LogP contribution in [-0.4, -0.2) is 91.7 Å². The van der Waals surface area contributed by atoms with Gasteiger partial charge in [-0.2, -0.15) is 12.7 Å². The minimum absolute atomic E-state index is 0.0109. The average Bonchev–Trinajstić information content (AvgIpc) is 3.08. The van der Waals surface area contributed by atoms with Gasteiger partial charge in [0.2, 0.25) is 10.0 Å². The Morgan fingerprint density at radius 3 is 2.02 bits per heavy atom. The second-order valence-corrected chi connectivity index (χ2v) is 15.6. The lowest BCUT2D eigenvalue weighted by molar-refractivity contribution is -0.384. The molecule has 1 saturated carbocycles. The van der Waals surface area contributed by atoms with Crippen molar-refractivity contribution in [3.8, 4) is 17.2 Å². The first-order valence-corrected chi connectivity index (χ1v) is 19.1. The number of nitro benzene ring substituents is 1. The van der Waals surface area contributed by atoms with Crippen LogP contribution < -0.4 is 19.5 Å². The van der Waals surface area contributed by atoms with Crippen molar-refractivity contribution in [3.63, 3.8) is 0 Å². The third-order valence-corrected chi connectivity index (χ3v) is 10.7. The number of nitro groups is 1. The molecule has 17 heteroatoms. The second kappa shape index (κ2) is 16.3. The van der Waals surface area contributed by atoms with Gasteiger partial charge in [-0.15, -0.1) is 0 Å². The zero-order valence-corrected chi connectivity index (χ0v) is 29.6. The van der Waals surface area contributed by atoms with Crippen LogP contribution in [0.2, 0.25) is 0 Å². The van der Waals surface area contributed by atoms with Crippen molar-refractivity contribution >= 4 is 31.5 Å². The lowest BCUT2D eigenvalue weighted by Gasteiger charge is -2.34. The SMILES string of the molecule is COc1ccc(CN(Cc2ccc(OC)cc2)S(=O)(=O)c2cc(OCC3CC(OS(C)(=O)=O)C3)c(NC[C@H]3COCCO3)c([N+](=O)[O-])c2)cc1. The summed E-state index contributed by atoms with van der Waals surface area (Å²) in [6, 6.07) is 16.2. The number of ether oxygens (including phenoxy) is 5. The maximum atomic E-state index is 14.5. The predicted octanol–water partition coefficient (Wildman–Crippen LogP) is 3.96. The minimum Gasteiger partial charge on any atom is -0.497 e. The molecule has 0 aromatic heterocycles. The van der Waals surface area contributed by atoms with Crippen LogP contribution in [-0.2, 0) is 46.9 Å². The van der Waals surface area contributed by atoms with Crippen molar-refractivity contribution in [2.45, 2.75) is 43.0 Å². The fourth-order valence-corrected chi connectivity index (χ4v) is 7.72. The molecular formula is C33H41N3O12S2. The van der Waals surface area contributed by atoms with Crippen LogP contribution >= 0.6 is 0 Å². The molecule has 5 rings (SSSR count). The maximum Gasteiger partial charge on any atom is 0.297 e. The molecule has 2 aliphatic rings. The van der Waals surface area contributed by atoms with Crippen LogP contribution in [0.25, 0.3) is 0 Å². The summed E-state index contributed by atoms with van der Waals surface area (Å²) in [5.41, 5.74) is 0.817. The summed E-state index contributed by atoms with van der Waals surface area (Å²) in [4.78, 5) is 11.5. The first-order valence-electron chi connectivity index (χ1n) is 15.9. The molecule has 3 aromatic carbocycles. The van der Waals surface area contributed by atoms with Gasteiger partial charge < -0.3 is 29.0 Å². The molecule has 0 amide bonds. The van der Waals surface area contributed by atoms with Gasteiger partial charge in [0.1, 0.15) is 11.5 Å². The normalized spacial score (nSPS) is 19.4. The summed E-state index contributed by atoms with van der Waals surface area (Å²) >= 11 is 0. The topological polar surface area (TPSA) is 182 Å². The molecule has 15 nitrogen and oxygen atoms in total. The Morgan fingerprint density at radius 1 is 0.920 bits per heavy atom. The van der Waals surface area contributed by atoms with Gasteiger partial charge in [0.05, 0.1) is 68.9 Å². The fourth-order valence-electron chi connectivity index (χ4n) is 5.62. The molecule has 1 saturated heterocycles. The van der Waals surface area contributed by atoms with E-state index in [4.69, 9.17) is 27.9 Å². The zero-order chi connectivity index (χ0) is 35.9. The Morgan fingerprint density at radius 2 is 1.52 bits per heavy atom. The van der Waals surface area contributed by atoms with Gasteiger partial charge in [0.15, 0.2) is 11.4 Å². The van der Waals surface area contributed by atoms with Gasteiger partial charge in [-0.25, -0.2) is 8.42 Å². The van der Waals surface area contributed by atoms with Gasteiger partial charge in [0.25, 0.3) is 15.8 Å². The fraction of sp³-hybridized carbons (Fsp3) is 0.455. The average molecular weight is 736 g/mol. The molecule has 0 spiro atoms. The monoisotopic (exact) mass is 735 g/mol. The summed E-state index contributed by atoms with van der Waals surface area (Å²) in [6.07, 6.45) is 0.865.